The molecule has 1 saturated carbocycles. The van der Waals surface area contributed by atoms with E-state index in [1.54, 1.807) is 0 Å². The fourth-order valence-corrected chi connectivity index (χ4v) is 2.94. The van der Waals surface area contributed by atoms with Crippen LogP contribution in [0.1, 0.15) is 56.7 Å². The Hall–Kier alpha value is -0.940. The first kappa shape index (κ1) is 12.1. The molecule has 18 heavy (non-hydrogen) atoms. The average molecular weight is 251 g/mol. The fraction of sp³-hybridized carbons (Fsp3) is 0.846. The van der Waals surface area contributed by atoms with Crippen LogP contribution in [0.5, 0.6) is 0 Å². The minimum absolute atomic E-state index is 0.260. The van der Waals surface area contributed by atoms with Gasteiger partial charge in [0.2, 0.25) is 5.89 Å². The molecule has 2 fully saturated rings. The van der Waals surface area contributed by atoms with Crippen molar-refractivity contribution < 1.29 is 9.26 Å². The van der Waals surface area contributed by atoms with Gasteiger partial charge in [0.1, 0.15) is 0 Å². The van der Waals surface area contributed by atoms with Gasteiger partial charge in [-0.25, -0.2) is 0 Å². The second kappa shape index (κ2) is 4.97. The molecular weight excluding hydrogens is 230 g/mol. The summed E-state index contributed by atoms with van der Waals surface area (Å²) in [4.78, 5) is 4.49. The van der Waals surface area contributed by atoms with E-state index in [9.17, 15) is 0 Å². The van der Waals surface area contributed by atoms with Crippen molar-refractivity contribution in [1.82, 2.24) is 10.1 Å². The van der Waals surface area contributed by atoms with Crippen molar-refractivity contribution in [2.75, 3.05) is 6.61 Å². The molecule has 1 aliphatic carbocycles. The number of hydrogen-bond acceptors (Lipinski definition) is 5. The van der Waals surface area contributed by atoms with E-state index in [1.807, 2.05) is 0 Å². The smallest absolute Gasteiger partial charge is 0.246 e. The van der Waals surface area contributed by atoms with Crippen LogP contribution in [-0.2, 0) is 16.7 Å². The first-order valence-electron chi connectivity index (χ1n) is 7.00. The Morgan fingerprint density at radius 3 is 2.78 bits per heavy atom. The van der Waals surface area contributed by atoms with Crippen molar-refractivity contribution in [2.24, 2.45) is 5.73 Å². The molecule has 100 valence electrons. The third-order valence-corrected chi connectivity index (χ3v) is 4.07. The van der Waals surface area contributed by atoms with Crippen LogP contribution in [0.2, 0.25) is 0 Å². The Kier molecular flexibility index (Phi) is 3.35. The summed E-state index contributed by atoms with van der Waals surface area (Å²) < 4.78 is 11.0. The van der Waals surface area contributed by atoms with Crippen molar-refractivity contribution in [2.45, 2.75) is 63.0 Å². The van der Waals surface area contributed by atoms with Gasteiger partial charge in [-0.3, -0.25) is 0 Å². The lowest BCUT2D eigenvalue weighted by atomic mass is 9.82. The van der Waals surface area contributed by atoms with Gasteiger partial charge in [-0.1, -0.05) is 24.4 Å². The van der Waals surface area contributed by atoms with Gasteiger partial charge in [0.25, 0.3) is 0 Å². The molecular formula is C13H21N3O2. The number of hydrogen-bond donors (Lipinski definition) is 1. The van der Waals surface area contributed by atoms with E-state index in [4.69, 9.17) is 15.0 Å². The van der Waals surface area contributed by atoms with Crippen LogP contribution in [0.25, 0.3) is 0 Å². The molecule has 2 aliphatic rings. The lowest BCUT2D eigenvalue weighted by Crippen LogP contribution is -2.39. The third-order valence-electron chi connectivity index (χ3n) is 4.07. The molecule has 0 bridgehead atoms. The van der Waals surface area contributed by atoms with Crippen LogP contribution in [-0.4, -0.2) is 22.9 Å². The predicted molar refractivity (Wildman–Crippen MR) is 65.9 cm³/mol. The van der Waals surface area contributed by atoms with Crippen LogP contribution in [0.15, 0.2) is 4.52 Å². The Morgan fingerprint density at radius 2 is 2.06 bits per heavy atom. The standard InChI is InChI=1S/C13H21N3O2/c14-13(6-2-1-3-7-13)12-15-11(16-18-12)9-10-5-4-8-17-10/h10H,1-9,14H2/t10-/m1/s1. The van der Waals surface area contributed by atoms with Crippen LogP contribution in [0.3, 0.4) is 0 Å². The molecule has 0 amide bonds. The summed E-state index contributed by atoms with van der Waals surface area (Å²) in [6.07, 6.45) is 8.71. The lowest BCUT2D eigenvalue weighted by Gasteiger charge is -2.29. The molecule has 1 atom stereocenters. The molecule has 2 N–H and O–H groups in total. The fourth-order valence-electron chi connectivity index (χ4n) is 2.94. The first-order valence-corrected chi connectivity index (χ1v) is 7.00. The lowest BCUT2D eigenvalue weighted by molar-refractivity contribution is 0.109. The molecule has 1 aliphatic heterocycles. The summed E-state index contributed by atoms with van der Waals surface area (Å²) >= 11 is 0. The van der Waals surface area contributed by atoms with Crippen LogP contribution in [0, 0.1) is 0 Å². The second-order valence-electron chi connectivity index (χ2n) is 5.57. The minimum atomic E-state index is -0.389. The van der Waals surface area contributed by atoms with Crippen LogP contribution >= 0.6 is 0 Å². The van der Waals surface area contributed by atoms with Crippen molar-refractivity contribution in [3.8, 4) is 0 Å². The summed E-state index contributed by atoms with van der Waals surface area (Å²) in [6, 6.07) is 0. The largest absolute Gasteiger partial charge is 0.378 e. The van der Waals surface area contributed by atoms with Crippen molar-refractivity contribution >= 4 is 0 Å². The van der Waals surface area contributed by atoms with Crippen LogP contribution in [0.4, 0.5) is 0 Å². The van der Waals surface area contributed by atoms with Crippen molar-refractivity contribution in [1.29, 1.82) is 0 Å². The summed E-state index contributed by atoms with van der Waals surface area (Å²) in [6.45, 7) is 0.857. The maximum Gasteiger partial charge on any atom is 0.246 e. The number of rotatable bonds is 3. The SMILES string of the molecule is NC1(c2nc(C[C@H]3CCCO3)no2)CCCCC1. The summed E-state index contributed by atoms with van der Waals surface area (Å²) in [7, 11) is 0. The molecule has 1 aromatic heterocycles. The van der Waals surface area contributed by atoms with Gasteiger partial charge in [0.05, 0.1) is 11.6 Å². The van der Waals surface area contributed by atoms with Crippen LogP contribution < -0.4 is 5.73 Å². The maximum absolute atomic E-state index is 6.37. The molecule has 2 heterocycles. The average Bonchev–Trinajstić information content (AvgIpc) is 3.02. The van der Waals surface area contributed by atoms with Gasteiger partial charge in [0, 0.05) is 13.0 Å². The molecule has 0 radical (unpaired) electrons. The van der Waals surface area contributed by atoms with Gasteiger partial charge in [-0.2, -0.15) is 4.98 Å². The Balaban J connectivity index is 1.68. The number of ether oxygens (including phenoxy) is 1. The molecule has 1 aromatic rings. The molecule has 1 saturated heterocycles. The van der Waals surface area contributed by atoms with E-state index in [0.717, 1.165) is 57.4 Å². The molecule has 5 heteroatoms. The maximum atomic E-state index is 6.37. The Labute approximate surface area is 107 Å². The quantitative estimate of drug-likeness (QED) is 0.888. The van der Waals surface area contributed by atoms with Crippen molar-refractivity contribution in [3.63, 3.8) is 0 Å². The molecule has 3 rings (SSSR count). The number of nitrogens with zero attached hydrogens (tertiary/aromatic N) is 2. The number of aromatic nitrogens is 2. The summed E-state index contributed by atoms with van der Waals surface area (Å²) in [5, 5.41) is 4.05. The molecule has 5 nitrogen and oxygen atoms in total. The Morgan fingerprint density at radius 1 is 1.22 bits per heavy atom. The van der Waals surface area contributed by atoms with E-state index < -0.39 is 0 Å². The molecule has 0 unspecified atom stereocenters. The number of nitrogens with two attached hydrogens (primary N) is 1. The van der Waals surface area contributed by atoms with Gasteiger partial charge in [-0.15, -0.1) is 0 Å². The third kappa shape index (κ3) is 2.42. The van der Waals surface area contributed by atoms with E-state index >= 15 is 0 Å². The highest BCUT2D eigenvalue weighted by atomic mass is 16.5. The highest BCUT2D eigenvalue weighted by Gasteiger charge is 2.35. The highest BCUT2D eigenvalue weighted by molar-refractivity contribution is 5.04. The van der Waals surface area contributed by atoms with Gasteiger partial charge >= 0.3 is 0 Å². The predicted octanol–water partition coefficient (Wildman–Crippen LogP) is 1.91. The van der Waals surface area contributed by atoms with E-state index in [-0.39, 0.29) is 11.6 Å². The van der Waals surface area contributed by atoms with E-state index in [2.05, 4.69) is 10.1 Å². The molecule has 0 aromatic carbocycles. The normalized spacial score (nSPS) is 27.5. The van der Waals surface area contributed by atoms with Crippen molar-refractivity contribution in [3.05, 3.63) is 11.7 Å². The van der Waals surface area contributed by atoms with Gasteiger partial charge < -0.3 is 15.0 Å². The minimum Gasteiger partial charge on any atom is -0.378 e. The van der Waals surface area contributed by atoms with Gasteiger partial charge in [0.15, 0.2) is 5.82 Å². The topological polar surface area (TPSA) is 74.2 Å². The van der Waals surface area contributed by atoms with E-state index in [0.29, 0.717) is 5.89 Å². The zero-order valence-electron chi connectivity index (χ0n) is 10.7. The first-order chi connectivity index (χ1) is 8.76. The second-order valence-corrected chi connectivity index (χ2v) is 5.57. The monoisotopic (exact) mass is 251 g/mol. The zero-order valence-corrected chi connectivity index (χ0v) is 10.7. The van der Waals surface area contributed by atoms with Gasteiger partial charge in [-0.05, 0) is 25.7 Å². The summed E-state index contributed by atoms with van der Waals surface area (Å²) in [5.41, 5.74) is 5.99. The summed E-state index contributed by atoms with van der Waals surface area (Å²) in [5.74, 6) is 1.36. The van der Waals surface area contributed by atoms with E-state index in [1.165, 1.54) is 6.42 Å². The Bertz CT molecular complexity index is 393. The highest BCUT2D eigenvalue weighted by Crippen LogP contribution is 2.33. The molecule has 0 spiro atoms. The zero-order chi connectivity index (χ0) is 12.4.